The number of nitrogens with one attached hydrogen (secondary N) is 1. The first-order valence-electron chi connectivity index (χ1n) is 11.4. The molecule has 0 aromatic carbocycles. The van der Waals surface area contributed by atoms with Crippen LogP contribution >= 0.6 is 0 Å². The molecule has 0 bridgehead atoms. The molecule has 1 unspecified atom stereocenters. The zero-order chi connectivity index (χ0) is 22.4. The van der Waals surface area contributed by atoms with E-state index in [2.05, 4.69) is 25.2 Å². The van der Waals surface area contributed by atoms with Gasteiger partial charge >= 0.3 is 0 Å². The van der Waals surface area contributed by atoms with E-state index in [4.69, 9.17) is 9.47 Å². The molecule has 9 nitrogen and oxygen atoms in total. The average molecular weight is 452 g/mol. The lowest BCUT2D eigenvalue weighted by Gasteiger charge is -2.34. The van der Waals surface area contributed by atoms with Gasteiger partial charge < -0.3 is 24.3 Å². The van der Waals surface area contributed by atoms with Crippen LogP contribution in [0.2, 0.25) is 0 Å². The summed E-state index contributed by atoms with van der Waals surface area (Å²) in [7, 11) is 0. The summed E-state index contributed by atoms with van der Waals surface area (Å²) in [5, 5.41) is 3.54. The Morgan fingerprint density at radius 3 is 2.85 bits per heavy atom. The molecule has 3 aromatic rings. The Morgan fingerprint density at radius 1 is 1.12 bits per heavy atom. The second kappa shape index (κ2) is 8.35. The number of nitrogens with zero attached hydrogens (tertiary/aromatic N) is 5. The fraction of sp³-hybridized carbons (Fsp3) is 0.478. The van der Waals surface area contributed by atoms with Gasteiger partial charge in [-0.2, -0.15) is 4.98 Å². The highest BCUT2D eigenvalue weighted by Gasteiger charge is 2.31. The first kappa shape index (κ1) is 20.5. The van der Waals surface area contributed by atoms with Crippen molar-refractivity contribution in [2.75, 3.05) is 32.8 Å². The number of ether oxygens (including phenoxy) is 2. The van der Waals surface area contributed by atoms with Crippen LogP contribution in [0.1, 0.15) is 30.1 Å². The number of hydrogen-bond acceptors (Lipinski definition) is 8. The SMILES string of the molecule is O=c1ccc2ncc(F)c3c2n1CC3CN1CCC(NCc2ncc3c(n2)OCCO3)CC1. The highest BCUT2D eigenvalue weighted by atomic mass is 19.1. The second-order valence-electron chi connectivity index (χ2n) is 8.84. The van der Waals surface area contributed by atoms with Crippen LogP contribution in [0.3, 0.4) is 0 Å². The third-order valence-electron chi connectivity index (χ3n) is 6.77. The van der Waals surface area contributed by atoms with Crippen molar-refractivity contribution in [3.8, 4) is 11.6 Å². The molecule has 0 aliphatic carbocycles. The topological polar surface area (TPSA) is 94.4 Å². The maximum Gasteiger partial charge on any atom is 0.260 e. The molecule has 10 heteroatoms. The van der Waals surface area contributed by atoms with Crippen LogP contribution in [-0.2, 0) is 13.1 Å². The molecule has 6 heterocycles. The summed E-state index contributed by atoms with van der Waals surface area (Å²) in [4.78, 5) is 27.6. The average Bonchev–Trinajstić information content (AvgIpc) is 3.23. The Hall–Kier alpha value is -3.11. The molecule has 1 saturated heterocycles. The summed E-state index contributed by atoms with van der Waals surface area (Å²) in [6.45, 7) is 4.67. The molecule has 33 heavy (non-hydrogen) atoms. The van der Waals surface area contributed by atoms with Crippen molar-refractivity contribution in [3.63, 3.8) is 0 Å². The van der Waals surface area contributed by atoms with Crippen molar-refractivity contribution in [1.82, 2.24) is 29.7 Å². The largest absolute Gasteiger partial charge is 0.483 e. The standard InChI is InChI=1S/C23H25FN6O3/c24-16-9-26-17-1-2-20(31)30-13-14(21(16)22(17)30)12-29-5-3-15(4-6-29)25-11-19-27-10-18-23(28-19)33-8-7-32-18/h1-2,9-10,14-15,25H,3-8,11-13H2. The molecule has 172 valence electrons. The molecule has 3 aromatic heterocycles. The van der Waals surface area contributed by atoms with Crippen LogP contribution in [-0.4, -0.2) is 63.3 Å². The van der Waals surface area contributed by atoms with Gasteiger partial charge in [0.2, 0.25) is 0 Å². The lowest BCUT2D eigenvalue weighted by atomic mass is 9.98. The van der Waals surface area contributed by atoms with E-state index >= 15 is 0 Å². The summed E-state index contributed by atoms with van der Waals surface area (Å²) in [6, 6.07) is 3.56. The number of likely N-dealkylation sites (tertiary alicyclic amines) is 1. The number of fused-ring (bicyclic) bond motifs is 1. The van der Waals surface area contributed by atoms with Gasteiger partial charge in [-0.25, -0.2) is 9.37 Å². The second-order valence-corrected chi connectivity index (χ2v) is 8.84. The number of aromatic nitrogens is 4. The number of hydrogen-bond donors (Lipinski definition) is 1. The van der Waals surface area contributed by atoms with E-state index in [-0.39, 0.29) is 17.3 Å². The van der Waals surface area contributed by atoms with Gasteiger partial charge in [0.1, 0.15) is 24.9 Å². The maximum absolute atomic E-state index is 14.7. The third kappa shape index (κ3) is 3.83. The molecule has 1 fully saturated rings. The minimum absolute atomic E-state index is 0.0405. The van der Waals surface area contributed by atoms with Gasteiger partial charge in [0, 0.05) is 36.7 Å². The normalized spacial score (nSPS) is 20.5. The van der Waals surface area contributed by atoms with Crippen molar-refractivity contribution >= 4 is 11.0 Å². The van der Waals surface area contributed by atoms with Gasteiger partial charge in [0.15, 0.2) is 5.75 Å². The number of halogens is 1. The summed E-state index contributed by atoms with van der Waals surface area (Å²) >= 11 is 0. The molecule has 0 amide bonds. The Balaban J connectivity index is 1.06. The summed E-state index contributed by atoms with van der Waals surface area (Å²) in [6.07, 6.45) is 4.92. The van der Waals surface area contributed by atoms with E-state index in [0.29, 0.717) is 66.4 Å². The van der Waals surface area contributed by atoms with Gasteiger partial charge in [-0.15, -0.1) is 0 Å². The lowest BCUT2D eigenvalue weighted by Crippen LogP contribution is -2.43. The monoisotopic (exact) mass is 452 g/mol. The molecule has 0 saturated carbocycles. The number of piperidine rings is 1. The fourth-order valence-corrected chi connectivity index (χ4v) is 5.13. The number of pyridine rings is 2. The minimum atomic E-state index is -0.319. The summed E-state index contributed by atoms with van der Waals surface area (Å²) in [5.74, 6) is 1.43. The third-order valence-corrected chi connectivity index (χ3v) is 6.77. The van der Waals surface area contributed by atoms with Crippen LogP contribution < -0.4 is 20.3 Å². The summed E-state index contributed by atoms with van der Waals surface area (Å²) < 4.78 is 27.4. The van der Waals surface area contributed by atoms with Crippen molar-refractivity contribution < 1.29 is 13.9 Å². The van der Waals surface area contributed by atoms with Crippen LogP contribution in [0, 0.1) is 5.82 Å². The zero-order valence-corrected chi connectivity index (χ0v) is 18.2. The quantitative estimate of drug-likeness (QED) is 0.622. The highest BCUT2D eigenvalue weighted by molar-refractivity contribution is 5.80. The van der Waals surface area contributed by atoms with Crippen LogP contribution in [0.15, 0.2) is 29.3 Å². The van der Waals surface area contributed by atoms with Crippen molar-refractivity contribution in [2.45, 2.75) is 37.9 Å². The minimum Gasteiger partial charge on any atom is -0.483 e. The maximum atomic E-state index is 14.7. The van der Waals surface area contributed by atoms with Gasteiger partial charge in [-0.3, -0.25) is 9.78 Å². The van der Waals surface area contributed by atoms with E-state index < -0.39 is 0 Å². The van der Waals surface area contributed by atoms with E-state index in [9.17, 15) is 9.18 Å². The lowest BCUT2D eigenvalue weighted by molar-refractivity contribution is 0.162. The Bertz CT molecular complexity index is 1260. The Labute approximate surface area is 189 Å². The Morgan fingerprint density at radius 2 is 1.97 bits per heavy atom. The molecule has 1 N–H and O–H groups in total. The van der Waals surface area contributed by atoms with Crippen LogP contribution in [0.25, 0.3) is 11.0 Å². The molecular weight excluding hydrogens is 427 g/mol. The van der Waals surface area contributed by atoms with Crippen LogP contribution in [0.5, 0.6) is 11.6 Å². The molecule has 6 rings (SSSR count). The van der Waals surface area contributed by atoms with E-state index in [1.54, 1.807) is 16.8 Å². The van der Waals surface area contributed by atoms with Crippen molar-refractivity contribution in [2.24, 2.45) is 0 Å². The molecule has 3 aliphatic heterocycles. The van der Waals surface area contributed by atoms with E-state index in [1.165, 1.54) is 12.3 Å². The van der Waals surface area contributed by atoms with Crippen molar-refractivity contribution in [3.05, 3.63) is 52.1 Å². The van der Waals surface area contributed by atoms with Gasteiger partial charge in [-0.05, 0) is 32.0 Å². The fourth-order valence-electron chi connectivity index (χ4n) is 5.13. The Kier molecular flexibility index (Phi) is 5.18. The van der Waals surface area contributed by atoms with Crippen LogP contribution in [0.4, 0.5) is 4.39 Å². The van der Waals surface area contributed by atoms with E-state index in [1.807, 2.05) is 0 Å². The van der Waals surface area contributed by atoms with E-state index in [0.717, 1.165) is 32.5 Å². The first-order chi connectivity index (χ1) is 16.2. The van der Waals surface area contributed by atoms with Gasteiger partial charge in [0.05, 0.1) is 30.0 Å². The smallest absolute Gasteiger partial charge is 0.260 e. The predicted octanol–water partition coefficient (Wildman–Crippen LogP) is 1.45. The molecular formula is C23H25FN6O3. The van der Waals surface area contributed by atoms with Gasteiger partial charge in [0.25, 0.3) is 11.4 Å². The van der Waals surface area contributed by atoms with Crippen molar-refractivity contribution in [1.29, 1.82) is 0 Å². The predicted molar refractivity (Wildman–Crippen MR) is 118 cm³/mol. The van der Waals surface area contributed by atoms with Gasteiger partial charge in [-0.1, -0.05) is 0 Å². The summed E-state index contributed by atoms with van der Waals surface area (Å²) in [5.41, 5.74) is 1.87. The highest BCUT2D eigenvalue weighted by Crippen LogP contribution is 2.34. The molecule has 0 radical (unpaired) electrons. The number of rotatable bonds is 5. The molecule has 3 aliphatic rings. The first-order valence-corrected chi connectivity index (χ1v) is 11.4. The molecule has 1 atom stereocenters. The zero-order valence-electron chi connectivity index (χ0n) is 18.2. The molecule has 0 spiro atoms.